The molecular formula is C13H16N2O2S2. The van der Waals surface area contributed by atoms with Gasteiger partial charge < -0.3 is 5.73 Å². The molecule has 2 rings (SSSR count). The van der Waals surface area contributed by atoms with Crippen LogP contribution in [-0.2, 0) is 15.6 Å². The van der Waals surface area contributed by atoms with Gasteiger partial charge in [0.1, 0.15) is 10.8 Å². The van der Waals surface area contributed by atoms with E-state index in [9.17, 15) is 8.42 Å². The second-order valence-electron chi connectivity index (χ2n) is 4.55. The van der Waals surface area contributed by atoms with Crippen LogP contribution in [0.4, 0.5) is 5.69 Å². The van der Waals surface area contributed by atoms with Crippen molar-refractivity contribution in [1.82, 2.24) is 4.98 Å². The Balaban J connectivity index is 2.37. The molecule has 0 radical (unpaired) electrons. The molecule has 4 nitrogen and oxygen atoms in total. The van der Waals surface area contributed by atoms with Crippen LogP contribution in [0.1, 0.15) is 21.1 Å². The summed E-state index contributed by atoms with van der Waals surface area (Å²) in [5.74, 6) is -0.0976. The highest BCUT2D eigenvalue weighted by atomic mass is 32.2. The van der Waals surface area contributed by atoms with Crippen LogP contribution in [0.3, 0.4) is 0 Å². The summed E-state index contributed by atoms with van der Waals surface area (Å²) in [7, 11) is -3.44. The van der Waals surface area contributed by atoms with Crippen LogP contribution in [-0.4, -0.2) is 13.4 Å². The van der Waals surface area contributed by atoms with Gasteiger partial charge in [0.25, 0.3) is 0 Å². The van der Waals surface area contributed by atoms with E-state index in [1.807, 2.05) is 20.8 Å². The molecule has 0 atom stereocenters. The number of anilines is 1. The van der Waals surface area contributed by atoms with E-state index in [1.165, 1.54) is 11.3 Å². The quantitative estimate of drug-likeness (QED) is 0.884. The van der Waals surface area contributed by atoms with Crippen molar-refractivity contribution in [1.29, 1.82) is 0 Å². The lowest BCUT2D eigenvalue weighted by Crippen LogP contribution is -2.08. The van der Waals surface area contributed by atoms with E-state index in [1.54, 1.807) is 18.2 Å². The van der Waals surface area contributed by atoms with Gasteiger partial charge in [-0.05, 0) is 38.5 Å². The summed E-state index contributed by atoms with van der Waals surface area (Å²) in [6, 6.07) is 4.99. The Morgan fingerprint density at radius 2 is 1.95 bits per heavy atom. The monoisotopic (exact) mass is 296 g/mol. The average molecular weight is 296 g/mol. The number of nitrogens with zero attached hydrogens (tertiary/aromatic N) is 1. The molecule has 0 bridgehead atoms. The van der Waals surface area contributed by atoms with Crippen LogP contribution >= 0.6 is 11.3 Å². The molecule has 2 N–H and O–H groups in total. The van der Waals surface area contributed by atoms with Gasteiger partial charge in [-0.2, -0.15) is 0 Å². The number of hydrogen-bond acceptors (Lipinski definition) is 5. The van der Waals surface area contributed by atoms with Crippen molar-refractivity contribution in [2.75, 3.05) is 5.73 Å². The van der Waals surface area contributed by atoms with Crippen LogP contribution in [0.2, 0.25) is 0 Å². The fourth-order valence-electron chi connectivity index (χ4n) is 1.79. The van der Waals surface area contributed by atoms with Gasteiger partial charge in [0, 0.05) is 4.88 Å². The van der Waals surface area contributed by atoms with Crippen molar-refractivity contribution >= 4 is 26.9 Å². The van der Waals surface area contributed by atoms with E-state index in [-0.39, 0.29) is 10.6 Å². The Labute approximate surface area is 117 Å². The Morgan fingerprint density at radius 3 is 2.47 bits per heavy atom. The van der Waals surface area contributed by atoms with E-state index in [2.05, 4.69) is 4.98 Å². The lowest BCUT2D eigenvalue weighted by molar-refractivity contribution is 0.595. The van der Waals surface area contributed by atoms with Gasteiger partial charge in [-0.1, -0.05) is 6.07 Å². The third-order valence-corrected chi connectivity index (χ3v) is 5.84. The molecular weight excluding hydrogens is 280 g/mol. The summed E-state index contributed by atoms with van der Waals surface area (Å²) in [6.45, 7) is 5.69. The summed E-state index contributed by atoms with van der Waals surface area (Å²) < 4.78 is 24.7. The van der Waals surface area contributed by atoms with Crippen molar-refractivity contribution < 1.29 is 8.42 Å². The maximum absolute atomic E-state index is 12.3. The lowest BCUT2D eigenvalue weighted by Gasteiger charge is -2.06. The molecule has 2 aromatic rings. The molecule has 6 heteroatoms. The lowest BCUT2D eigenvalue weighted by atomic mass is 10.2. The summed E-state index contributed by atoms with van der Waals surface area (Å²) in [4.78, 5) is 5.49. The highest BCUT2D eigenvalue weighted by Crippen LogP contribution is 2.26. The van der Waals surface area contributed by atoms with Crippen LogP contribution in [0.5, 0.6) is 0 Å². The minimum absolute atomic E-state index is 0.0976. The molecule has 0 saturated carbocycles. The van der Waals surface area contributed by atoms with Gasteiger partial charge >= 0.3 is 0 Å². The number of sulfone groups is 1. The van der Waals surface area contributed by atoms with Gasteiger partial charge in [-0.3, -0.25) is 0 Å². The SMILES string of the molecule is Cc1ccc(S(=O)(=O)Cc2nc(C)c(C)s2)c(N)c1. The Hall–Kier alpha value is -1.40. The second-order valence-corrected chi connectivity index (χ2v) is 7.80. The summed E-state index contributed by atoms with van der Waals surface area (Å²) in [5, 5.41) is 0.606. The number of hydrogen-bond donors (Lipinski definition) is 1. The van der Waals surface area contributed by atoms with Gasteiger partial charge in [0.15, 0.2) is 9.84 Å². The third kappa shape index (κ3) is 2.96. The number of aromatic nitrogens is 1. The fourth-order valence-corrected chi connectivity index (χ4v) is 4.46. The first kappa shape index (κ1) is 14.0. The van der Waals surface area contributed by atoms with Gasteiger partial charge in [0.05, 0.1) is 16.3 Å². The highest BCUT2D eigenvalue weighted by Gasteiger charge is 2.20. The smallest absolute Gasteiger partial charge is 0.186 e. The van der Waals surface area contributed by atoms with Crippen LogP contribution in [0.25, 0.3) is 0 Å². The fraction of sp³-hybridized carbons (Fsp3) is 0.308. The molecule has 1 aromatic heterocycles. The summed E-state index contributed by atoms with van der Waals surface area (Å²) in [6.07, 6.45) is 0. The van der Waals surface area contributed by atoms with Crippen molar-refractivity contribution in [2.24, 2.45) is 0 Å². The van der Waals surface area contributed by atoms with E-state index < -0.39 is 9.84 Å². The molecule has 0 unspecified atom stereocenters. The zero-order valence-electron chi connectivity index (χ0n) is 11.1. The van der Waals surface area contributed by atoms with Crippen LogP contribution in [0.15, 0.2) is 23.1 Å². The zero-order valence-corrected chi connectivity index (χ0v) is 12.7. The first-order chi connectivity index (χ1) is 8.79. The molecule has 19 heavy (non-hydrogen) atoms. The van der Waals surface area contributed by atoms with Crippen molar-refractivity contribution in [3.8, 4) is 0 Å². The van der Waals surface area contributed by atoms with Gasteiger partial charge in [-0.15, -0.1) is 11.3 Å². The Morgan fingerprint density at radius 1 is 1.26 bits per heavy atom. The molecule has 1 heterocycles. The molecule has 102 valence electrons. The van der Waals surface area contributed by atoms with E-state index in [4.69, 9.17) is 5.73 Å². The van der Waals surface area contributed by atoms with Crippen molar-refractivity contribution in [3.63, 3.8) is 0 Å². The number of thiazole rings is 1. The molecule has 0 aliphatic heterocycles. The molecule has 0 amide bonds. The third-order valence-electron chi connectivity index (χ3n) is 2.89. The predicted octanol–water partition coefficient (Wildman–Crippen LogP) is 2.62. The maximum atomic E-state index is 12.3. The number of benzene rings is 1. The zero-order chi connectivity index (χ0) is 14.2. The molecule has 0 saturated heterocycles. The van der Waals surface area contributed by atoms with Crippen molar-refractivity contribution in [2.45, 2.75) is 31.4 Å². The Kier molecular flexibility index (Phi) is 3.64. The number of nitrogen functional groups attached to an aromatic ring is 1. The molecule has 0 aliphatic carbocycles. The van der Waals surface area contributed by atoms with Crippen molar-refractivity contribution in [3.05, 3.63) is 39.3 Å². The normalized spacial score (nSPS) is 11.7. The average Bonchev–Trinajstić information content (AvgIpc) is 2.56. The molecule has 0 aliphatic rings. The minimum atomic E-state index is -3.44. The molecule has 0 fully saturated rings. The highest BCUT2D eigenvalue weighted by molar-refractivity contribution is 7.91. The minimum Gasteiger partial charge on any atom is -0.398 e. The van der Waals surface area contributed by atoms with E-state index in [0.717, 1.165) is 16.1 Å². The summed E-state index contributed by atoms with van der Waals surface area (Å²) in [5.41, 5.74) is 7.92. The van der Waals surface area contributed by atoms with E-state index >= 15 is 0 Å². The van der Waals surface area contributed by atoms with Crippen LogP contribution in [0, 0.1) is 20.8 Å². The van der Waals surface area contributed by atoms with Gasteiger partial charge in [-0.25, -0.2) is 13.4 Å². The molecule has 0 spiro atoms. The van der Waals surface area contributed by atoms with E-state index in [0.29, 0.717) is 10.7 Å². The largest absolute Gasteiger partial charge is 0.398 e. The molecule has 1 aromatic carbocycles. The standard InChI is InChI=1S/C13H16N2O2S2/c1-8-4-5-12(11(14)6-8)19(16,17)7-13-15-9(2)10(3)18-13/h4-6H,7,14H2,1-3H3. The Bertz CT molecular complexity index is 699. The topological polar surface area (TPSA) is 73.0 Å². The first-order valence-electron chi connectivity index (χ1n) is 5.81. The van der Waals surface area contributed by atoms with Gasteiger partial charge in [0.2, 0.25) is 0 Å². The number of aryl methyl sites for hydroxylation is 3. The number of rotatable bonds is 3. The second kappa shape index (κ2) is 4.94. The summed E-state index contributed by atoms with van der Waals surface area (Å²) >= 11 is 1.41. The van der Waals surface area contributed by atoms with Crippen LogP contribution < -0.4 is 5.73 Å². The maximum Gasteiger partial charge on any atom is 0.186 e. The number of nitrogens with two attached hydrogens (primary N) is 1. The predicted molar refractivity (Wildman–Crippen MR) is 78.1 cm³/mol. The first-order valence-corrected chi connectivity index (χ1v) is 8.28.